The van der Waals surface area contributed by atoms with E-state index >= 15 is 0 Å². The van der Waals surface area contributed by atoms with Crippen LogP contribution in [0.25, 0.3) is 0 Å². The Morgan fingerprint density at radius 3 is 2.19 bits per heavy atom. The summed E-state index contributed by atoms with van der Waals surface area (Å²) in [5.74, 6) is -1.06. The Hall–Kier alpha value is -0.620. The maximum atomic E-state index is 11.4. The second-order valence-corrected chi connectivity index (χ2v) is 6.50. The zero-order valence-electron chi connectivity index (χ0n) is 9.90. The smallest absolute Gasteiger partial charge is 0.310 e. The Morgan fingerprint density at radius 2 is 1.88 bits per heavy atom. The maximum Gasteiger partial charge on any atom is 0.310 e. The Kier molecular flexibility index (Phi) is 5.96. The fraction of sp³-hybridized carbons (Fsp3) is 0.900. The van der Waals surface area contributed by atoms with Crippen LogP contribution in [0.3, 0.4) is 0 Å². The van der Waals surface area contributed by atoms with Gasteiger partial charge in [-0.25, -0.2) is 8.42 Å². The molecule has 0 amide bonds. The Morgan fingerprint density at radius 1 is 1.31 bits per heavy atom. The Bertz CT molecular complexity index is 326. The van der Waals surface area contributed by atoms with E-state index in [1.54, 1.807) is 6.92 Å². The van der Waals surface area contributed by atoms with Crippen LogP contribution in [0.5, 0.6) is 0 Å². The molecule has 0 aliphatic carbocycles. The molecule has 0 aromatic rings. The van der Waals surface area contributed by atoms with E-state index in [2.05, 4.69) is 0 Å². The SMILES string of the molecule is CCCC(CN)(CCS(=O)(=O)CC)C(=O)O. The molecule has 0 heterocycles. The first-order valence-corrected chi connectivity index (χ1v) is 7.29. The molecule has 6 heteroatoms. The Labute approximate surface area is 96.9 Å². The van der Waals surface area contributed by atoms with E-state index in [9.17, 15) is 13.2 Å². The monoisotopic (exact) mass is 251 g/mol. The predicted octanol–water partition coefficient (Wildman–Crippen LogP) is 0.641. The first kappa shape index (κ1) is 15.4. The van der Waals surface area contributed by atoms with E-state index < -0.39 is 21.2 Å². The van der Waals surface area contributed by atoms with Crippen LogP contribution in [0.4, 0.5) is 0 Å². The van der Waals surface area contributed by atoms with Gasteiger partial charge in [-0.3, -0.25) is 4.79 Å². The fourth-order valence-corrected chi connectivity index (χ4v) is 2.59. The molecule has 0 bridgehead atoms. The van der Waals surface area contributed by atoms with Crippen molar-refractivity contribution in [3.8, 4) is 0 Å². The third-order valence-electron chi connectivity index (χ3n) is 2.90. The van der Waals surface area contributed by atoms with E-state index in [1.165, 1.54) is 0 Å². The number of hydrogen-bond acceptors (Lipinski definition) is 4. The maximum absolute atomic E-state index is 11.4. The van der Waals surface area contributed by atoms with Gasteiger partial charge in [0.2, 0.25) is 0 Å². The highest BCUT2D eigenvalue weighted by Gasteiger charge is 2.36. The van der Waals surface area contributed by atoms with Crippen molar-refractivity contribution in [3.05, 3.63) is 0 Å². The standard InChI is InChI=1S/C10H21NO4S/c1-3-5-10(8-11,9(12)13)6-7-16(14,15)4-2/h3-8,11H2,1-2H3,(H,12,13). The largest absolute Gasteiger partial charge is 0.481 e. The van der Waals surface area contributed by atoms with Gasteiger partial charge in [0, 0.05) is 12.3 Å². The lowest BCUT2D eigenvalue weighted by Gasteiger charge is -2.27. The third-order valence-corrected chi connectivity index (χ3v) is 4.61. The molecule has 96 valence electrons. The first-order valence-electron chi connectivity index (χ1n) is 5.47. The van der Waals surface area contributed by atoms with E-state index in [-0.39, 0.29) is 24.5 Å². The van der Waals surface area contributed by atoms with Crippen molar-refractivity contribution >= 4 is 15.8 Å². The van der Waals surface area contributed by atoms with Crippen molar-refractivity contribution in [1.82, 2.24) is 0 Å². The lowest BCUT2D eigenvalue weighted by atomic mass is 9.81. The summed E-state index contributed by atoms with van der Waals surface area (Å²) in [4.78, 5) is 11.2. The van der Waals surface area contributed by atoms with Crippen LogP contribution in [-0.2, 0) is 14.6 Å². The molecule has 0 saturated carbocycles. The van der Waals surface area contributed by atoms with Gasteiger partial charge < -0.3 is 10.8 Å². The number of nitrogens with two attached hydrogens (primary N) is 1. The summed E-state index contributed by atoms with van der Waals surface area (Å²) < 4.78 is 22.7. The van der Waals surface area contributed by atoms with Crippen LogP contribution in [-0.4, -0.2) is 37.5 Å². The quantitative estimate of drug-likeness (QED) is 0.659. The van der Waals surface area contributed by atoms with Crippen LogP contribution in [0, 0.1) is 5.41 Å². The zero-order valence-corrected chi connectivity index (χ0v) is 10.7. The molecule has 5 nitrogen and oxygen atoms in total. The van der Waals surface area contributed by atoms with Crippen LogP contribution < -0.4 is 5.73 Å². The van der Waals surface area contributed by atoms with E-state index in [4.69, 9.17) is 10.8 Å². The van der Waals surface area contributed by atoms with Gasteiger partial charge in [0.05, 0.1) is 11.2 Å². The molecule has 1 atom stereocenters. The summed E-state index contributed by atoms with van der Waals surface area (Å²) in [5, 5.41) is 9.15. The highest BCUT2D eigenvalue weighted by Crippen LogP contribution is 2.28. The van der Waals surface area contributed by atoms with Crippen molar-refractivity contribution in [2.24, 2.45) is 11.1 Å². The van der Waals surface area contributed by atoms with E-state index in [0.29, 0.717) is 12.8 Å². The van der Waals surface area contributed by atoms with Gasteiger partial charge >= 0.3 is 5.97 Å². The molecule has 3 N–H and O–H groups in total. The summed E-state index contributed by atoms with van der Waals surface area (Å²) in [7, 11) is -3.13. The molecule has 1 unspecified atom stereocenters. The fourth-order valence-electron chi connectivity index (χ4n) is 1.60. The molecule has 0 aliphatic rings. The summed E-state index contributed by atoms with van der Waals surface area (Å²) >= 11 is 0. The number of carboxylic acid groups (broad SMARTS) is 1. The number of aliphatic carboxylic acids is 1. The van der Waals surface area contributed by atoms with Gasteiger partial charge in [-0.15, -0.1) is 0 Å². The minimum atomic E-state index is -3.13. The molecular weight excluding hydrogens is 230 g/mol. The van der Waals surface area contributed by atoms with Crippen molar-refractivity contribution in [1.29, 1.82) is 0 Å². The molecule has 0 aromatic carbocycles. The minimum absolute atomic E-state index is 0.0184. The molecule has 0 aromatic heterocycles. The van der Waals surface area contributed by atoms with E-state index in [0.717, 1.165) is 0 Å². The van der Waals surface area contributed by atoms with Gasteiger partial charge in [-0.1, -0.05) is 20.3 Å². The molecule has 0 radical (unpaired) electrons. The van der Waals surface area contributed by atoms with Crippen molar-refractivity contribution < 1.29 is 18.3 Å². The van der Waals surface area contributed by atoms with Crippen LogP contribution in [0.1, 0.15) is 33.1 Å². The number of carbonyl (C=O) groups is 1. The average Bonchev–Trinajstić information content (AvgIpc) is 2.24. The first-order chi connectivity index (χ1) is 7.33. The van der Waals surface area contributed by atoms with Crippen molar-refractivity contribution in [3.63, 3.8) is 0 Å². The molecule has 16 heavy (non-hydrogen) atoms. The zero-order chi connectivity index (χ0) is 12.8. The molecule has 0 rings (SSSR count). The van der Waals surface area contributed by atoms with Crippen LogP contribution in [0.15, 0.2) is 0 Å². The molecular formula is C10H21NO4S. The van der Waals surface area contributed by atoms with E-state index in [1.807, 2.05) is 6.92 Å². The molecule has 0 aliphatic heterocycles. The third kappa shape index (κ3) is 4.09. The average molecular weight is 251 g/mol. The molecule has 0 spiro atoms. The highest BCUT2D eigenvalue weighted by atomic mass is 32.2. The number of carboxylic acids is 1. The van der Waals surface area contributed by atoms with Gasteiger partial charge in [-0.05, 0) is 12.8 Å². The van der Waals surface area contributed by atoms with Gasteiger partial charge in [0.25, 0.3) is 0 Å². The Balaban J connectivity index is 4.74. The summed E-state index contributed by atoms with van der Waals surface area (Å²) in [5.41, 5.74) is 4.40. The normalized spacial score (nSPS) is 15.7. The van der Waals surface area contributed by atoms with Gasteiger partial charge in [0.15, 0.2) is 0 Å². The second kappa shape index (κ2) is 6.20. The van der Waals surface area contributed by atoms with Gasteiger partial charge in [-0.2, -0.15) is 0 Å². The summed E-state index contributed by atoms with van der Waals surface area (Å²) in [6, 6.07) is 0. The van der Waals surface area contributed by atoms with Gasteiger partial charge in [0.1, 0.15) is 9.84 Å². The minimum Gasteiger partial charge on any atom is -0.481 e. The molecule has 0 saturated heterocycles. The topological polar surface area (TPSA) is 97.5 Å². The summed E-state index contributed by atoms with van der Waals surface area (Å²) in [6.45, 7) is 3.40. The predicted molar refractivity (Wildman–Crippen MR) is 63.0 cm³/mol. The van der Waals surface area contributed by atoms with Crippen LogP contribution in [0.2, 0.25) is 0 Å². The van der Waals surface area contributed by atoms with Crippen molar-refractivity contribution in [2.75, 3.05) is 18.1 Å². The lowest BCUT2D eigenvalue weighted by molar-refractivity contribution is -0.149. The van der Waals surface area contributed by atoms with Crippen molar-refractivity contribution in [2.45, 2.75) is 33.1 Å². The van der Waals surface area contributed by atoms with Crippen LogP contribution >= 0.6 is 0 Å². The second-order valence-electron chi connectivity index (χ2n) is 4.03. The lowest BCUT2D eigenvalue weighted by Crippen LogP contribution is -2.40. The molecule has 0 fully saturated rings. The highest BCUT2D eigenvalue weighted by molar-refractivity contribution is 7.91. The number of rotatable bonds is 8. The number of sulfone groups is 1. The summed E-state index contributed by atoms with van der Waals surface area (Å²) in [6.07, 6.45) is 1.19. The number of hydrogen-bond donors (Lipinski definition) is 2.